The maximum atomic E-state index is 13.0. The summed E-state index contributed by atoms with van der Waals surface area (Å²) in [4.78, 5) is 30.3. The molecule has 0 aliphatic heterocycles. The average molecular weight is 461 g/mol. The van der Waals surface area contributed by atoms with Crippen LogP contribution in [0.2, 0.25) is 5.02 Å². The summed E-state index contributed by atoms with van der Waals surface area (Å²) in [5.41, 5.74) is 1.07. The summed E-state index contributed by atoms with van der Waals surface area (Å²) in [5, 5.41) is 7.02. The highest BCUT2D eigenvalue weighted by Gasteiger charge is 2.16. The number of aryl methyl sites for hydroxylation is 1. The Bertz CT molecular complexity index is 1090. The first kappa shape index (κ1) is 23.2. The van der Waals surface area contributed by atoms with Gasteiger partial charge in [0, 0.05) is 30.5 Å². The number of nitrogens with zero attached hydrogens (tertiary/aromatic N) is 3. The predicted molar refractivity (Wildman–Crippen MR) is 117 cm³/mol. The van der Waals surface area contributed by atoms with Crippen LogP contribution in [0.1, 0.15) is 18.7 Å². The van der Waals surface area contributed by atoms with Crippen molar-refractivity contribution in [1.29, 1.82) is 0 Å². The largest absolute Gasteiger partial charge is 0.495 e. The summed E-state index contributed by atoms with van der Waals surface area (Å²) in [6.07, 6.45) is 1.08. The SMILES string of the molecule is COc1ccc(Cl)cc1NC(=O)CN(C)C(=O)CCCc1nc(-c2ccc(F)cc2)no1. The number of aromatic nitrogens is 2. The molecule has 0 saturated carbocycles. The number of anilines is 1. The minimum Gasteiger partial charge on any atom is -0.495 e. The smallest absolute Gasteiger partial charge is 0.244 e. The lowest BCUT2D eigenvalue weighted by molar-refractivity contribution is -0.133. The van der Waals surface area contributed by atoms with Gasteiger partial charge in [-0.1, -0.05) is 16.8 Å². The Kier molecular flexibility index (Phi) is 7.77. The van der Waals surface area contributed by atoms with Gasteiger partial charge in [0.2, 0.25) is 23.5 Å². The molecule has 3 rings (SSSR count). The molecule has 0 saturated heterocycles. The first-order valence-electron chi connectivity index (χ1n) is 9.81. The number of amides is 2. The summed E-state index contributed by atoms with van der Waals surface area (Å²) in [7, 11) is 3.04. The number of nitrogens with one attached hydrogen (secondary N) is 1. The van der Waals surface area contributed by atoms with Crippen molar-refractivity contribution in [3.8, 4) is 17.1 Å². The molecule has 168 valence electrons. The maximum Gasteiger partial charge on any atom is 0.244 e. The van der Waals surface area contributed by atoms with Gasteiger partial charge >= 0.3 is 0 Å². The van der Waals surface area contributed by atoms with Crippen molar-refractivity contribution in [3.05, 3.63) is 59.2 Å². The van der Waals surface area contributed by atoms with E-state index in [0.717, 1.165) is 0 Å². The van der Waals surface area contributed by atoms with Gasteiger partial charge in [0.05, 0.1) is 19.3 Å². The van der Waals surface area contributed by atoms with E-state index >= 15 is 0 Å². The molecule has 0 fully saturated rings. The maximum absolute atomic E-state index is 13.0. The minimum atomic E-state index is -0.373. The van der Waals surface area contributed by atoms with Crippen LogP contribution < -0.4 is 10.1 Å². The average Bonchev–Trinajstić information content (AvgIpc) is 3.23. The molecule has 1 N–H and O–H groups in total. The molecule has 32 heavy (non-hydrogen) atoms. The van der Waals surface area contributed by atoms with E-state index in [9.17, 15) is 14.0 Å². The third kappa shape index (κ3) is 6.27. The van der Waals surface area contributed by atoms with Crippen LogP contribution in [0, 0.1) is 5.82 Å². The molecule has 0 bridgehead atoms. The normalized spacial score (nSPS) is 10.6. The van der Waals surface area contributed by atoms with Gasteiger partial charge in [0.1, 0.15) is 11.6 Å². The molecule has 0 radical (unpaired) electrons. The van der Waals surface area contributed by atoms with E-state index in [1.54, 1.807) is 37.4 Å². The number of carbonyl (C=O) groups is 2. The molecule has 1 heterocycles. The molecular formula is C22H22ClFN4O4. The summed E-state index contributed by atoms with van der Waals surface area (Å²) >= 11 is 5.96. The van der Waals surface area contributed by atoms with E-state index < -0.39 is 0 Å². The van der Waals surface area contributed by atoms with Crippen molar-refractivity contribution in [2.75, 3.05) is 26.0 Å². The van der Waals surface area contributed by atoms with Crippen LogP contribution in [0.3, 0.4) is 0 Å². The molecule has 0 aliphatic rings. The summed E-state index contributed by atoms with van der Waals surface area (Å²) < 4.78 is 23.4. The van der Waals surface area contributed by atoms with Crippen molar-refractivity contribution in [2.24, 2.45) is 0 Å². The Morgan fingerprint density at radius 1 is 1.22 bits per heavy atom. The molecule has 2 amide bonds. The second-order valence-corrected chi connectivity index (χ2v) is 7.45. The molecule has 2 aromatic carbocycles. The molecule has 1 aromatic heterocycles. The number of rotatable bonds is 9. The molecule has 10 heteroatoms. The van der Waals surface area contributed by atoms with Crippen LogP contribution in [0.15, 0.2) is 47.0 Å². The number of benzene rings is 2. The first-order chi connectivity index (χ1) is 15.4. The fourth-order valence-corrected chi connectivity index (χ4v) is 3.10. The van der Waals surface area contributed by atoms with Gasteiger partial charge in [-0.3, -0.25) is 9.59 Å². The molecule has 0 spiro atoms. The highest BCUT2D eigenvalue weighted by Crippen LogP contribution is 2.27. The van der Waals surface area contributed by atoms with Crippen molar-refractivity contribution >= 4 is 29.1 Å². The summed E-state index contributed by atoms with van der Waals surface area (Å²) in [6.45, 7) is -0.121. The van der Waals surface area contributed by atoms with Gasteiger partial charge in [-0.25, -0.2) is 4.39 Å². The zero-order valence-electron chi connectivity index (χ0n) is 17.6. The van der Waals surface area contributed by atoms with Gasteiger partial charge in [-0.15, -0.1) is 0 Å². The zero-order chi connectivity index (χ0) is 23.1. The van der Waals surface area contributed by atoms with E-state index in [1.165, 1.54) is 24.1 Å². The summed E-state index contributed by atoms with van der Waals surface area (Å²) in [6, 6.07) is 10.6. The first-order valence-corrected chi connectivity index (χ1v) is 10.2. The lowest BCUT2D eigenvalue weighted by atomic mass is 10.2. The Morgan fingerprint density at radius 3 is 2.69 bits per heavy atom. The molecular weight excluding hydrogens is 439 g/mol. The third-order valence-electron chi connectivity index (χ3n) is 4.59. The van der Waals surface area contributed by atoms with E-state index in [-0.39, 0.29) is 30.6 Å². The quantitative estimate of drug-likeness (QED) is 0.519. The second kappa shape index (κ2) is 10.7. The van der Waals surface area contributed by atoms with Crippen LogP contribution in [-0.2, 0) is 16.0 Å². The monoisotopic (exact) mass is 460 g/mol. The standard InChI is InChI=1S/C22H22ClFN4O4/c1-28(13-19(29)25-17-12-15(23)8-11-18(17)31-2)21(30)5-3-4-20-26-22(27-32-20)14-6-9-16(24)10-7-14/h6-12H,3-5,13H2,1-2H3,(H,25,29). The van der Waals surface area contributed by atoms with Gasteiger partial charge in [0.25, 0.3) is 0 Å². The van der Waals surface area contributed by atoms with Gasteiger partial charge < -0.3 is 19.5 Å². The van der Waals surface area contributed by atoms with Gasteiger partial charge in [-0.2, -0.15) is 4.98 Å². The highest BCUT2D eigenvalue weighted by molar-refractivity contribution is 6.31. The van der Waals surface area contributed by atoms with Crippen LogP contribution in [0.4, 0.5) is 10.1 Å². The van der Waals surface area contributed by atoms with Gasteiger partial charge in [-0.05, 0) is 48.9 Å². The number of hydrogen-bond acceptors (Lipinski definition) is 6. The van der Waals surface area contributed by atoms with E-state index in [0.29, 0.717) is 46.6 Å². The summed E-state index contributed by atoms with van der Waals surface area (Å²) in [5.74, 6) is 0.289. The Hall–Kier alpha value is -3.46. The predicted octanol–water partition coefficient (Wildman–Crippen LogP) is 3.96. The topological polar surface area (TPSA) is 97.6 Å². The number of carbonyl (C=O) groups excluding carboxylic acids is 2. The van der Waals surface area contributed by atoms with Crippen LogP contribution in [0.25, 0.3) is 11.4 Å². The fourth-order valence-electron chi connectivity index (χ4n) is 2.93. The van der Waals surface area contributed by atoms with Crippen molar-refractivity contribution in [2.45, 2.75) is 19.3 Å². The Morgan fingerprint density at radius 2 is 1.97 bits per heavy atom. The molecule has 0 unspecified atom stereocenters. The fraction of sp³-hybridized carbons (Fsp3) is 0.273. The Labute approximate surface area is 189 Å². The second-order valence-electron chi connectivity index (χ2n) is 7.01. The van der Waals surface area contributed by atoms with E-state index in [4.69, 9.17) is 20.9 Å². The zero-order valence-corrected chi connectivity index (χ0v) is 18.4. The number of ether oxygens (including phenoxy) is 1. The lowest BCUT2D eigenvalue weighted by Gasteiger charge is -2.17. The van der Waals surface area contributed by atoms with Gasteiger partial charge in [0.15, 0.2) is 0 Å². The molecule has 0 atom stereocenters. The molecule has 8 nitrogen and oxygen atoms in total. The highest BCUT2D eigenvalue weighted by atomic mass is 35.5. The number of hydrogen-bond donors (Lipinski definition) is 1. The number of likely N-dealkylation sites (N-methyl/N-ethyl adjacent to an activating group) is 1. The van der Waals surface area contributed by atoms with E-state index in [2.05, 4.69) is 15.5 Å². The van der Waals surface area contributed by atoms with Crippen LogP contribution in [0.5, 0.6) is 5.75 Å². The molecule has 3 aromatic rings. The van der Waals surface area contributed by atoms with Crippen molar-refractivity contribution in [1.82, 2.24) is 15.0 Å². The lowest BCUT2D eigenvalue weighted by Crippen LogP contribution is -2.34. The van der Waals surface area contributed by atoms with Crippen molar-refractivity contribution in [3.63, 3.8) is 0 Å². The Balaban J connectivity index is 1.45. The van der Waals surface area contributed by atoms with Crippen LogP contribution in [-0.4, -0.2) is 47.6 Å². The minimum absolute atomic E-state index is 0.121. The van der Waals surface area contributed by atoms with E-state index in [1.807, 2.05) is 0 Å². The molecule has 0 aliphatic carbocycles. The number of halogens is 2. The number of methoxy groups -OCH3 is 1. The van der Waals surface area contributed by atoms with Crippen LogP contribution >= 0.6 is 11.6 Å². The third-order valence-corrected chi connectivity index (χ3v) is 4.83. The van der Waals surface area contributed by atoms with Crippen molar-refractivity contribution < 1.29 is 23.2 Å².